The highest BCUT2D eigenvalue weighted by Gasteiger charge is 2.25. The van der Waals surface area contributed by atoms with Gasteiger partial charge in [0, 0.05) is 37.7 Å². The minimum atomic E-state index is -0.576. The lowest BCUT2D eigenvalue weighted by atomic mass is 10.3. The third-order valence-electron chi connectivity index (χ3n) is 4.10. The van der Waals surface area contributed by atoms with Crippen molar-refractivity contribution in [2.75, 3.05) is 39.3 Å². The molecule has 1 unspecified atom stereocenters. The molecule has 0 aliphatic carbocycles. The number of likely N-dealkylation sites (N-methyl/N-ethyl adjacent to an activating group) is 1. The number of benzene rings is 1. The summed E-state index contributed by atoms with van der Waals surface area (Å²) in [6.07, 6.45) is 0.267. The standard InChI is InChI=1S/C18H26ClN3O3/c1-3-20-17(23)13-21-8-5-9-22(11-10-21)18(24)14(2)25-16-7-4-6-15(19)12-16/h4,6-7,12,14H,3,5,8-11,13H2,1-2H3,(H,20,23). The first-order chi connectivity index (χ1) is 12.0. The molecule has 0 aromatic heterocycles. The van der Waals surface area contributed by atoms with Crippen molar-refractivity contribution in [3.05, 3.63) is 29.3 Å². The summed E-state index contributed by atoms with van der Waals surface area (Å²) in [4.78, 5) is 28.3. The third kappa shape index (κ3) is 6.21. The molecule has 0 radical (unpaired) electrons. The molecule has 2 rings (SSSR count). The van der Waals surface area contributed by atoms with E-state index in [0.29, 0.717) is 43.5 Å². The average molecular weight is 368 g/mol. The number of nitrogens with one attached hydrogen (secondary N) is 1. The van der Waals surface area contributed by atoms with E-state index in [1.54, 1.807) is 31.2 Å². The fraction of sp³-hybridized carbons (Fsp3) is 0.556. The third-order valence-corrected chi connectivity index (χ3v) is 4.33. The molecule has 1 atom stereocenters. The zero-order valence-corrected chi connectivity index (χ0v) is 15.6. The molecule has 0 spiro atoms. The SMILES string of the molecule is CCNC(=O)CN1CCCN(C(=O)C(C)Oc2cccc(Cl)c2)CC1. The zero-order valence-electron chi connectivity index (χ0n) is 14.8. The van der Waals surface area contributed by atoms with Crippen LogP contribution in [0, 0.1) is 0 Å². The van der Waals surface area contributed by atoms with Crippen LogP contribution in [0.4, 0.5) is 0 Å². The molecule has 1 N–H and O–H groups in total. The Hall–Kier alpha value is -1.79. The van der Waals surface area contributed by atoms with Crippen LogP contribution >= 0.6 is 11.6 Å². The van der Waals surface area contributed by atoms with Crippen molar-refractivity contribution in [1.29, 1.82) is 0 Å². The predicted octanol–water partition coefficient (Wildman–Crippen LogP) is 1.78. The van der Waals surface area contributed by atoms with E-state index in [1.165, 1.54) is 0 Å². The predicted molar refractivity (Wildman–Crippen MR) is 97.9 cm³/mol. The Labute approximate surface area is 154 Å². The highest BCUT2D eigenvalue weighted by molar-refractivity contribution is 6.30. The topological polar surface area (TPSA) is 61.9 Å². The van der Waals surface area contributed by atoms with Gasteiger partial charge in [-0.25, -0.2) is 0 Å². The van der Waals surface area contributed by atoms with E-state index in [0.717, 1.165) is 13.0 Å². The molecule has 0 saturated carbocycles. The summed E-state index contributed by atoms with van der Waals surface area (Å²) in [6, 6.07) is 7.03. The second-order valence-electron chi connectivity index (χ2n) is 6.13. The highest BCUT2D eigenvalue weighted by atomic mass is 35.5. The molecule has 1 aliphatic rings. The minimum absolute atomic E-state index is 0.0277. The van der Waals surface area contributed by atoms with Crippen molar-refractivity contribution < 1.29 is 14.3 Å². The summed E-state index contributed by atoms with van der Waals surface area (Å²) in [6.45, 7) is 7.44. The molecule has 7 heteroatoms. The number of halogens is 1. The maximum Gasteiger partial charge on any atom is 0.263 e. The van der Waals surface area contributed by atoms with E-state index in [1.807, 2.05) is 11.8 Å². The molecule has 1 aromatic rings. The molecule has 2 amide bonds. The Morgan fingerprint density at radius 3 is 2.80 bits per heavy atom. The summed E-state index contributed by atoms with van der Waals surface area (Å²) >= 11 is 5.94. The first-order valence-corrected chi connectivity index (χ1v) is 9.07. The van der Waals surface area contributed by atoms with Crippen LogP contribution in [0.2, 0.25) is 5.02 Å². The van der Waals surface area contributed by atoms with Gasteiger partial charge in [0.1, 0.15) is 5.75 Å². The zero-order chi connectivity index (χ0) is 18.2. The van der Waals surface area contributed by atoms with Crippen molar-refractivity contribution in [1.82, 2.24) is 15.1 Å². The number of carbonyl (C=O) groups is 2. The van der Waals surface area contributed by atoms with Gasteiger partial charge in [-0.1, -0.05) is 17.7 Å². The number of hydrogen-bond donors (Lipinski definition) is 1. The van der Waals surface area contributed by atoms with E-state index < -0.39 is 6.10 Å². The van der Waals surface area contributed by atoms with Gasteiger partial charge in [0.15, 0.2) is 6.10 Å². The Balaban J connectivity index is 1.86. The van der Waals surface area contributed by atoms with Gasteiger partial charge in [-0.15, -0.1) is 0 Å². The Morgan fingerprint density at radius 1 is 1.28 bits per heavy atom. The van der Waals surface area contributed by atoms with Crippen LogP contribution in [-0.2, 0) is 9.59 Å². The van der Waals surface area contributed by atoms with E-state index in [-0.39, 0.29) is 11.8 Å². The fourth-order valence-corrected chi connectivity index (χ4v) is 3.04. The van der Waals surface area contributed by atoms with Gasteiger partial charge in [-0.2, -0.15) is 0 Å². The number of nitrogens with zero attached hydrogens (tertiary/aromatic N) is 2. The number of amides is 2. The second kappa shape index (κ2) is 9.63. The van der Waals surface area contributed by atoms with Gasteiger partial charge in [-0.05, 0) is 38.5 Å². The summed E-state index contributed by atoms with van der Waals surface area (Å²) in [5, 5.41) is 3.38. The first kappa shape index (κ1) is 19.5. The van der Waals surface area contributed by atoms with E-state index in [2.05, 4.69) is 10.2 Å². The van der Waals surface area contributed by atoms with Crippen molar-refractivity contribution in [3.63, 3.8) is 0 Å². The van der Waals surface area contributed by atoms with Gasteiger partial charge in [0.25, 0.3) is 5.91 Å². The van der Waals surface area contributed by atoms with Gasteiger partial charge in [0.05, 0.1) is 6.54 Å². The number of rotatable bonds is 6. The lowest BCUT2D eigenvalue weighted by molar-refractivity contribution is -0.137. The minimum Gasteiger partial charge on any atom is -0.481 e. The molecule has 1 aliphatic heterocycles. The molecule has 25 heavy (non-hydrogen) atoms. The fourth-order valence-electron chi connectivity index (χ4n) is 2.86. The van der Waals surface area contributed by atoms with Crippen molar-refractivity contribution in [2.24, 2.45) is 0 Å². The number of ether oxygens (including phenoxy) is 1. The number of hydrogen-bond acceptors (Lipinski definition) is 4. The number of carbonyl (C=O) groups excluding carboxylic acids is 2. The van der Waals surface area contributed by atoms with Gasteiger partial charge < -0.3 is 15.0 Å². The van der Waals surface area contributed by atoms with Gasteiger partial charge >= 0.3 is 0 Å². The Morgan fingerprint density at radius 2 is 2.08 bits per heavy atom. The summed E-state index contributed by atoms with van der Waals surface area (Å²) in [5.41, 5.74) is 0. The second-order valence-corrected chi connectivity index (χ2v) is 6.56. The van der Waals surface area contributed by atoms with Gasteiger partial charge in [-0.3, -0.25) is 14.5 Å². The smallest absolute Gasteiger partial charge is 0.263 e. The quantitative estimate of drug-likeness (QED) is 0.832. The maximum absolute atomic E-state index is 12.6. The molecule has 1 fully saturated rings. The van der Waals surface area contributed by atoms with Crippen LogP contribution in [0.5, 0.6) is 5.75 Å². The van der Waals surface area contributed by atoms with Crippen molar-refractivity contribution in [3.8, 4) is 5.75 Å². The van der Waals surface area contributed by atoms with Crippen molar-refractivity contribution in [2.45, 2.75) is 26.4 Å². The largest absolute Gasteiger partial charge is 0.481 e. The summed E-state index contributed by atoms with van der Waals surface area (Å²) in [5.74, 6) is 0.570. The van der Waals surface area contributed by atoms with E-state index in [9.17, 15) is 9.59 Å². The van der Waals surface area contributed by atoms with Crippen LogP contribution in [0.15, 0.2) is 24.3 Å². The van der Waals surface area contributed by atoms with E-state index >= 15 is 0 Å². The summed E-state index contributed by atoms with van der Waals surface area (Å²) in [7, 11) is 0. The lowest BCUT2D eigenvalue weighted by Gasteiger charge is -2.25. The summed E-state index contributed by atoms with van der Waals surface area (Å²) < 4.78 is 5.72. The molecule has 1 saturated heterocycles. The molecular formula is C18H26ClN3O3. The molecule has 0 bridgehead atoms. The Bertz CT molecular complexity index is 597. The molecule has 6 nitrogen and oxygen atoms in total. The van der Waals surface area contributed by atoms with Crippen LogP contribution in [0.3, 0.4) is 0 Å². The van der Waals surface area contributed by atoms with Gasteiger partial charge in [0.2, 0.25) is 5.91 Å². The average Bonchev–Trinajstić information content (AvgIpc) is 2.80. The highest BCUT2D eigenvalue weighted by Crippen LogP contribution is 2.19. The normalized spacial score (nSPS) is 16.8. The van der Waals surface area contributed by atoms with E-state index in [4.69, 9.17) is 16.3 Å². The van der Waals surface area contributed by atoms with Crippen LogP contribution in [0.1, 0.15) is 20.3 Å². The van der Waals surface area contributed by atoms with Crippen molar-refractivity contribution >= 4 is 23.4 Å². The molecular weight excluding hydrogens is 342 g/mol. The molecule has 1 aromatic carbocycles. The molecule has 138 valence electrons. The lowest BCUT2D eigenvalue weighted by Crippen LogP contribution is -2.43. The maximum atomic E-state index is 12.6. The monoisotopic (exact) mass is 367 g/mol. The van der Waals surface area contributed by atoms with Crippen LogP contribution in [-0.4, -0.2) is 67.0 Å². The molecule has 1 heterocycles. The van der Waals surface area contributed by atoms with Crippen LogP contribution < -0.4 is 10.1 Å². The van der Waals surface area contributed by atoms with Crippen LogP contribution in [0.25, 0.3) is 0 Å². The first-order valence-electron chi connectivity index (χ1n) is 8.69. The Kier molecular flexibility index (Phi) is 7.52.